The van der Waals surface area contributed by atoms with Gasteiger partial charge >= 0.3 is 0 Å². The molecule has 0 bridgehead atoms. The fourth-order valence-electron chi connectivity index (χ4n) is 1.99. The van der Waals surface area contributed by atoms with E-state index in [2.05, 4.69) is 37.5 Å². The Hall–Kier alpha value is -0.870. The van der Waals surface area contributed by atoms with Crippen molar-refractivity contribution in [2.75, 3.05) is 6.54 Å². The van der Waals surface area contributed by atoms with Crippen LogP contribution in [0.25, 0.3) is 0 Å². The number of carbonyl (C=O) groups is 1. The van der Waals surface area contributed by atoms with Gasteiger partial charge in [-0.05, 0) is 24.3 Å². The van der Waals surface area contributed by atoms with Crippen LogP contribution in [0, 0.1) is 5.92 Å². The van der Waals surface area contributed by atoms with Crippen LogP contribution in [0.3, 0.4) is 0 Å². The van der Waals surface area contributed by atoms with Gasteiger partial charge in [-0.15, -0.1) is 11.3 Å². The summed E-state index contributed by atoms with van der Waals surface area (Å²) in [5, 5.41) is 5.34. The lowest BCUT2D eigenvalue weighted by Crippen LogP contribution is -2.40. The summed E-state index contributed by atoms with van der Waals surface area (Å²) >= 11 is 1.70. The van der Waals surface area contributed by atoms with E-state index >= 15 is 0 Å². The molecular formula is C12H18N2OS. The quantitative estimate of drug-likeness (QED) is 0.875. The molecule has 0 spiro atoms. The van der Waals surface area contributed by atoms with E-state index < -0.39 is 0 Å². The molecule has 1 aromatic heterocycles. The molecular weight excluding hydrogens is 220 g/mol. The molecule has 1 aliphatic heterocycles. The second-order valence-electron chi connectivity index (χ2n) is 4.58. The van der Waals surface area contributed by atoms with Crippen LogP contribution in [0.4, 0.5) is 0 Å². The van der Waals surface area contributed by atoms with E-state index in [1.54, 1.807) is 11.3 Å². The Morgan fingerprint density at radius 2 is 2.25 bits per heavy atom. The molecule has 88 valence electrons. The predicted molar refractivity (Wildman–Crippen MR) is 66.2 cm³/mol. The summed E-state index contributed by atoms with van der Waals surface area (Å²) in [4.78, 5) is 15.1. The monoisotopic (exact) mass is 238 g/mol. The van der Waals surface area contributed by atoms with Crippen LogP contribution in [0.15, 0.2) is 17.5 Å². The van der Waals surface area contributed by atoms with Crippen LogP contribution in [0.5, 0.6) is 0 Å². The number of hydrogen-bond donors (Lipinski definition) is 1. The van der Waals surface area contributed by atoms with Crippen molar-refractivity contribution in [3.63, 3.8) is 0 Å². The minimum atomic E-state index is 0.0740. The van der Waals surface area contributed by atoms with Gasteiger partial charge < -0.3 is 4.90 Å². The first-order chi connectivity index (χ1) is 7.61. The Balaban J connectivity index is 2.23. The van der Waals surface area contributed by atoms with Crippen LogP contribution in [0.2, 0.25) is 0 Å². The smallest absolute Gasteiger partial charge is 0.238 e. The minimum absolute atomic E-state index is 0.0740. The molecule has 3 nitrogen and oxygen atoms in total. The van der Waals surface area contributed by atoms with Crippen LogP contribution in [0.1, 0.15) is 31.8 Å². The third-order valence-corrected chi connectivity index (χ3v) is 4.15. The summed E-state index contributed by atoms with van der Waals surface area (Å²) in [6.45, 7) is 6.89. The van der Waals surface area contributed by atoms with Crippen molar-refractivity contribution in [1.82, 2.24) is 10.2 Å². The van der Waals surface area contributed by atoms with Gasteiger partial charge in [0, 0.05) is 10.9 Å². The molecule has 0 saturated carbocycles. The van der Waals surface area contributed by atoms with Gasteiger partial charge in [-0.1, -0.05) is 19.9 Å². The second kappa shape index (κ2) is 4.55. The Labute approximate surface area is 100 Å². The fraction of sp³-hybridized carbons (Fsp3) is 0.583. The van der Waals surface area contributed by atoms with Crippen molar-refractivity contribution in [2.24, 2.45) is 5.92 Å². The summed E-state index contributed by atoms with van der Waals surface area (Å²) in [6, 6.07) is 4.39. The van der Waals surface area contributed by atoms with Crippen LogP contribution < -0.4 is 5.32 Å². The molecule has 0 radical (unpaired) electrons. The average molecular weight is 238 g/mol. The normalized spacial score (nSPS) is 23.1. The van der Waals surface area contributed by atoms with E-state index in [4.69, 9.17) is 0 Å². The molecule has 1 aliphatic rings. The number of nitrogens with zero attached hydrogens (tertiary/aromatic N) is 1. The van der Waals surface area contributed by atoms with Gasteiger partial charge in [0.15, 0.2) is 0 Å². The number of rotatable bonds is 3. The first-order valence-electron chi connectivity index (χ1n) is 5.69. The van der Waals surface area contributed by atoms with Gasteiger partial charge in [-0.3, -0.25) is 10.1 Å². The topological polar surface area (TPSA) is 32.3 Å². The molecule has 0 aliphatic carbocycles. The molecule has 16 heavy (non-hydrogen) atoms. The molecule has 2 atom stereocenters. The van der Waals surface area contributed by atoms with Gasteiger partial charge in [0.25, 0.3) is 0 Å². The van der Waals surface area contributed by atoms with Crippen molar-refractivity contribution < 1.29 is 4.79 Å². The molecule has 1 saturated heterocycles. The maximum atomic E-state index is 11.9. The summed E-state index contributed by atoms with van der Waals surface area (Å²) in [5.74, 6) is 0.686. The highest BCUT2D eigenvalue weighted by Gasteiger charge is 2.36. The zero-order chi connectivity index (χ0) is 11.7. The second-order valence-corrected chi connectivity index (χ2v) is 5.56. The van der Waals surface area contributed by atoms with Crippen molar-refractivity contribution in [1.29, 1.82) is 0 Å². The van der Waals surface area contributed by atoms with Gasteiger partial charge in [0.2, 0.25) is 5.91 Å². The summed E-state index contributed by atoms with van der Waals surface area (Å²) < 4.78 is 0. The van der Waals surface area contributed by atoms with E-state index in [-0.39, 0.29) is 18.1 Å². The highest BCUT2D eigenvalue weighted by Crippen LogP contribution is 2.29. The molecule has 4 heteroatoms. The van der Waals surface area contributed by atoms with Gasteiger partial charge in [0.1, 0.15) is 6.17 Å². The fourth-order valence-corrected chi connectivity index (χ4v) is 2.78. The number of nitrogens with one attached hydrogen (secondary N) is 1. The van der Waals surface area contributed by atoms with E-state index in [1.807, 2.05) is 11.0 Å². The SMILES string of the molecule is CC(C)C(C)N1C(=O)CNC1c1cccs1. The largest absolute Gasteiger partial charge is 0.318 e. The third-order valence-electron chi connectivity index (χ3n) is 3.23. The van der Waals surface area contributed by atoms with Crippen LogP contribution in [-0.2, 0) is 4.79 Å². The number of hydrogen-bond acceptors (Lipinski definition) is 3. The molecule has 1 amide bonds. The van der Waals surface area contributed by atoms with E-state index in [9.17, 15) is 4.79 Å². The Morgan fingerprint density at radius 1 is 1.50 bits per heavy atom. The number of amides is 1. The van der Waals surface area contributed by atoms with Crippen molar-refractivity contribution in [3.8, 4) is 0 Å². The molecule has 2 rings (SSSR count). The lowest BCUT2D eigenvalue weighted by Gasteiger charge is -2.32. The Kier molecular flexibility index (Phi) is 3.30. The zero-order valence-corrected chi connectivity index (χ0v) is 10.8. The van der Waals surface area contributed by atoms with E-state index in [0.29, 0.717) is 12.5 Å². The van der Waals surface area contributed by atoms with Crippen LogP contribution >= 0.6 is 11.3 Å². The first-order valence-corrected chi connectivity index (χ1v) is 6.57. The van der Waals surface area contributed by atoms with Gasteiger partial charge in [0.05, 0.1) is 6.54 Å². The third kappa shape index (κ3) is 1.99. The van der Waals surface area contributed by atoms with Crippen molar-refractivity contribution in [2.45, 2.75) is 33.0 Å². The first kappa shape index (κ1) is 11.6. The van der Waals surface area contributed by atoms with Crippen LogP contribution in [-0.4, -0.2) is 23.4 Å². The lowest BCUT2D eigenvalue weighted by molar-refractivity contribution is -0.130. The zero-order valence-electron chi connectivity index (χ0n) is 9.93. The summed E-state index contributed by atoms with van der Waals surface area (Å²) in [6.07, 6.45) is 0.0740. The van der Waals surface area contributed by atoms with E-state index in [1.165, 1.54) is 4.88 Å². The highest BCUT2D eigenvalue weighted by molar-refractivity contribution is 7.10. The minimum Gasteiger partial charge on any atom is -0.318 e. The Morgan fingerprint density at radius 3 is 2.81 bits per heavy atom. The molecule has 2 unspecified atom stereocenters. The maximum Gasteiger partial charge on any atom is 0.238 e. The molecule has 1 aromatic rings. The molecule has 2 heterocycles. The molecule has 1 N–H and O–H groups in total. The van der Waals surface area contributed by atoms with Gasteiger partial charge in [-0.25, -0.2) is 0 Å². The molecule has 1 fully saturated rings. The van der Waals surface area contributed by atoms with Crippen molar-refractivity contribution in [3.05, 3.63) is 22.4 Å². The van der Waals surface area contributed by atoms with E-state index in [0.717, 1.165) is 0 Å². The van der Waals surface area contributed by atoms with Gasteiger partial charge in [-0.2, -0.15) is 0 Å². The lowest BCUT2D eigenvalue weighted by atomic mass is 10.0. The standard InChI is InChI=1S/C12H18N2OS/c1-8(2)9(3)14-11(15)7-13-12(14)10-5-4-6-16-10/h4-6,8-9,12-13H,7H2,1-3H3. The summed E-state index contributed by atoms with van der Waals surface area (Å²) in [5.41, 5.74) is 0. The predicted octanol–water partition coefficient (Wildman–Crippen LogP) is 2.22. The maximum absolute atomic E-state index is 11.9. The summed E-state index contributed by atoms with van der Waals surface area (Å²) in [7, 11) is 0. The Bertz CT molecular complexity index is 361. The highest BCUT2D eigenvalue weighted by atomic mass is 32.1. The number of carbonyl (C=O) groups excluding carboxylic acids is 1. The average Bonchev–Trinajstić information content (AvgIpc) is 2.84. The van der Waals surface area contributed by atoms with Crippen molar-refractivity contribution >= 4 is 17.2 Å². The number of thiophene rings is 1. The molecule has 0 aromatic carbocycles.